The minimum atomic E-state index is -0.735. The summed E-state index contributed by atoms with van der Waals surface area (Å²) in [5.74, 6) is -0.690. The number of urea groups is 1. The number of amides is 3. The van der Waals surface area contributed by atoms with Gasteiger partial charge in [0, 0.05) is 11.6 Å². The lowest BCUT2D eigenvalue weighted by Gasteiger charge is -2.12. The van der Waals surface area contributed by atoms with Crippen LogP contribution in [-0.2, 0) is 16.1 Å². The zero-order valence-electron chi connectivity index (χ0n) is 16.7. The molecule has 2 aromatic carbocycles. The highest BCUT2D eigenvalue weighted by atomic mass is 35.5. The van der Waals surface area contributed by atoms with Crippen molar-refractivity contribution in [1.82, 2.24) is 10.6 Å². The molecule has 8 nitrogen and oxygen atoms in total. The van der Waals surface area contributed by atoms with Crippen molar-refractivity contribution in [1.29, 1.82) is 0 Å². The lowest BCUT2D eigenvalue weighted by Crippen LogP contribution is -2.41. The zero-order chi connectivity index (χ0) is 21.9. The van der Waals surface area contributed by atoms with Crippen molar-refractivity contribution in [2.24, 2.45) is 0 Å². The first-order valence-electron chi connectivity index (χ1n) is 9.23. The molecule has 0 aliphatic heterocycles. The molecule has 0 fully saturated rings. The van der Waals surface area contributed by atoms with Crippen molar-refractivity contribution in [3.8, 4) is 11.5 Å². The van der Waals surface area contributed by atoms with Crippen molar-refractivity contribution in [2.75, 3.05) is 20.3 Å². The maximum absolute atomic E-state index is 12.2. The van der Waals surface area contributed by atoms with Crippen molar-refractivity contribution < 1.29 is 28.6 Å². The van der Waals surface area contributed by atoms with Gasteiger partial charge in [-0.3, -0.25) is 10.1 Å². The van der Waals surface area contributed by atoms with Gasteiger partial charge >= 0.3 is 12.0 Å². The van der Waals surface area contributed by atoms with Crippen molar-refractivity contribution in [3.63, 3.8) is 0 Å². The second kappa shape index (κ2) is 11.7. The molecule has 0 unspecified atom stereocenters. The molecule has 0 bridgehead atoms. The van der Waals surface area contributed by atoms with E-state index in [2.05, 4.69) is 10.6 Å². The number of rotatable bonds is 9. The maximum atomic E-state index is 12.2. The van der Waals surface area contributed by atoms with Gasteiger partial charge in [0.2, 0.25) is 0 Å². The third-order valence-corrected chi connectivity index (χ3v) is 4.08. The van der Waals surface area contributed by atoms with Crippen LogP contribution < -0.4 is 20.1 Å². The number of carbonyl (C=O) groups excluding carboxylic acids is 3. The Labute approximate surface area is 179 Å². The number of halogens is 1. The van der Waals surface area contributed by atoms with Crippen LogP contribution in [-0.4, -0.2) is 38.2 Å². The van der Waals surface area contributed by atoms with Crippen molar-refractivity contribution in [3.05, 3.63) is 58.6 Å². The number of nitrogens with one attached hydrogen (secondary N) is 2. The third kappa shape index (κ3) is 7.29. The average molecular weight is 435 g/mol. The molecule has 2 rings (SSSR count). The van der Waals surface area contributed by atoms with E-state index in [0.29, 0.717) is 23.1 Å². The summed E-state index contributed by atoms with van der Waals surface area (Å²) in [7, 11) is 1.45. The lowest BCUT2D eigenvalue weighted by molar-refractivity contribution is -0.123. The Bertz CT molecular complexity index is 886. The quantitative estimate of drug-likeness (QED) is 0.587. The van der Waals surface area contributed by atoms with Crippen LogP contribution in [0.4, 0.5) is 4.79 Å². The van der Waals surface area contributed by atoms with Gasteiger partial charge in [-0.1, -0.05) is 30.7 Å². The predicted molar refractivity (Wildman–Crippen MR) is 111 cm³/mol. The van der Waals surface area contributed by atoms with E-state index in [4.69, 9.17) is 25.8 Å². The third-order valence-electron chi connectivity index (χ3n) is 3.83. The minimum absolute atomic E-state index is 0.175. The van der Waals surface area contributed by atoms with Crippen molar-refractivity contribution >= 4 is 29.5 Å². The summed E-state index contributed by atoms with van der Waals surface area (Å²) in [5.41, 5.74) is 1.09. The fourth-order valence-corrected chi connectivity index (χ4v) is 2.44. The molecule has 0 atom stereocenters. The monoisotopic (exact) mass is 434 g/mol. The van der Waals surface area contributed by atoms with Gasteiger partial charge in [-0.05, 0) is 42.3 Å². The molecular weight excluding hydrogens is 412 g/mol. The number of ether oxygens (including phenoxy) is 3. The van der Waals surface area contributed by atoms with Crippen LogP contribution in [0.3, 0.4) is 0 Å². The second-order valence-electron chi connectivity index (χ2n) is 6.16. The van der Waals surface area contributed by atoms with Crippen LogP contribution in [0.25, 0.3) is 0 Å². The normalized spacial score (nSPS) is 10.1. The molecule has 2 N–H and O–H groups in total. The van der Waals surface area contributed by atoms with E-state index in [9.17, 15) is 14.4 Å². The van der Waals surface area contributed by atoms with Gasteiger partial charge in [0.1, 0.15) is 6.61 Å². The molecule has 2 aromatic rings. The molecule has 0 radical (unpaired) electrons. The molecule has 3 amide bonds. The van der Waals surface area contributed by atoms with E-state index in [0.717, 1.165) is 12.0 Å². The van der Waals surface area contributed by atoms with Gasteiger partial charge in [-0.25, -0.2) is 9.59 Å². The van der Waals surface area contributed by atoms with Crippen LogP contribution in [0, 0.1) is 0 Å². The second-order valence-corrected chi connectivity index (χ2v) is 6.60. The summed E-state index contributed by atoms with van der Waals surface area (Å²) >= 11 is 5.86. The Balaban J connectivity index is 1.91. The van der Waals surface area contributed by atoms with Crippen LogP contribution in [0.5, 0.6) is 11.5 Å². The molecule has 0 heterocycles. The first-order chi connectivity index (χ1) is 14.4. The number of benzene rings is 2. The molecule has 0 aliphatic rings. The summed E-state index contributed by atoms with van der Waals surface area (Å²) < 4.78 is 15.9. The van der Waals surface area contributed by atoms with E-state index < -0.39 is 24.5 Å². The molecule has 160 valence electrons. The summed E-state index contributed by atoms with van der Waals surface area (Å²) in [5, 5.41) is 5.19. The molecule has 0 aromatic heterocycles. The fourth-order valence-electron chi connectivity index (χ4n) is 2.32. The van der Waals surface area contributed by atoms with Gasteiger partial charge in [0.15, 0.2) is 18.1 Å². The predicted octanol–water partition coefficient (Wildman–Crippen LogP) is 3.32. The Morgan fingerprint density at radius 2 is 1.77 bits per heavy atom. The number of hydrogen-bond donors (Lipinski definition) is 2. The number of imide groups is 1. The topological polar surface area (TPSA) is 103 Å². The molecule has 0 spiro atoms. The molecule has 9 heteroatoms. The maximum Gasteiger partial charge on any atom is 0.338 e. The van der Waals surface area contributed by atoms with Crippen LogP contribution in [0.15, 0.2) is 42.5 Å². The summed E-state index contributed by atoms with van der Waals surface area (Å²) in [6, 6.07) is 11.1. The van der Waals surface area contributed by atoms with Gasteiger partial charge < -0.3 is 19.5 Å². The van der Waals surface area contributed by atoms with Crippen molar-refractivity contribution in [2.45, 2.75) is 20.0 Å². The largest absolute Gasteiger partial charge is 0.493 e. The van der Waals surface area contributed by atoms with E-state index >= 15 is 0 Å². The zero-order valence-corrected chi connectivity index (χ0v) is 17.5. The van der Waals surface area contributed by atoms with Crippen LogP contribution in [0.2, 0.25) is 5.02 Å². The Hall–Kier alpha value is -3.26. The smallest absolute Gasteiger partial charge is 0.338 e. The highest BCUT2D eigenvalue weighted by Gasteiger charge is 2.15. The molecule has 0 aliphatic carbocycles. The number of methoxy groups -OCH3 is 1. The first kappa shape index (κ1) is 23.0. The standard InChI is InChI=1S/C21H23ClN2O6/c1-3-10-23-21(27)24-19(25)13-30-20(26)15-6-9-17(18(11-15)28-2)29-12-14-4-7-16(22)8-5-14/h4-9,11H,3,10,12-13H2,1-2H3,(H2,23,24,25,27). The van der Waals surface area contributed by atoms with E-state index in [1.807, 2.05) is 19.1 Å². The van der Waals surface area contributed by atoms with Gasteiger partial charge in [-0.15, -0.1) is 0 Å². The number of esters is 1. The summed E-state index contributed by atoms with van der Waals surface area (Å²) in [6.07, 6.45) is 0.734. The minimum Gasteiger partial charge on any atom is -0.493 e. The molecular formula is C21H23ClN2O6. The molecule has 0 saturated heterocycles. The molecule has 30 heavy (non-hydrogen) atoms. The molecule has 0 saturated carbocycles. The summed E-state index contributed by atoms with van der Waals surface area (Å²) in [6.45, 7) is 2.02. The van der Waals surface area contributed by atoms with E-state index in [1.165, 1.54) is 19.2 Å². The Morgan fingerprint density at radius 3 is 2.43 bits per heavy atom. The van der Waals surface area contributed by atoms with Gasteiger partial charge in [0.25, 0.3) is 5.91 Å². The highest BCUT2D eigenvalue weighted by molar-refractivity contribution is 6.30. The van der Waals surface area contributed by atoms with Gasteiger partial charge in [-0.2, -0.15) is 0 Å². The Morgan fingerprint density at radius 1 is 1.03 bits per heavy atom. The fraction of sp³-hybridized carbons (Fsp3) is 0.286. The van der Waals surface area contributed by atoms with E-state index in [-0.39, 0.29) is 12.2 Å². The first-order valence-corrected chi connectivity index (χ1v) is 9.60. The summed E-state index contributed by atoms with van der Waals surface area (Å²) in [4.78, 5) is 35.3. The SMILES string of the molecule is CCCNC(=O)NC(=O)COC(=O)c1ccc(OCc2ccc(Cl)cc2)c(OC)c1. The van der Waals surface area contributed by atoms with Crippen LogP contribution >= 0.6 is 11.6 Å². The number of carbonyl (C=O) groups is 3. The van der Waals surface area contributed by atoms with Crippen LogP contribution in [0.1, 0.15) is 29.3 Å². The highest BCUT2D eigenvalue weighted by Crippen LogP contribution is 2.29. The van der Waals surface area contributed by atoms with Gasteiger partial charge in [0.05, 0.1) is 12.7 Å². The lowest BCUT2D eigenvalue weighted by atomic mass is 10.2. The number of hydrogen-bond acceptors (Lipinski definition) is 6. The Kier molecular flexibility index (Phi) is 8.96. The average Bonchev–Trinajstić information content (AvgIpc) is 2.75. The van der Waals surface area contributed by atoms with E-state index in [1.54, 1.807) is 18.2 Å².